The molecule has 0 N–H and O–H groups in total. The van der Waals surface area contributed by atoms with Crippen LogP contribution in [-0.2, 0) is 7.05 Å². The molecule has 4 heterocycles. The molecule has 2 aliphatic heterocycles. The van der Waals surface area contributed by atoms with Gasteiger partial charge >= 0.3 is 6.03 Å². The SMILES string of the molecule is Cc1nn(C)cc1-c1nc(N2CCN(C(=O)N3N=CCC3c3cc(F)cc(F)c3)CC2)ncc1F. The molecule has 1 aromatic carbocycles. The van der Waals surface area contributed by atoms with Crippen LogP contribution in [0.2, 0.25) is 0 Å². The van der Waals surface area contributed by atoms with Crippen molar-refractivity contribution >= 4 is 18.2 Å². The second-order valence-corrected chi connectivity index (χ2v) is 8.52. The summed E-state index contributed by atoms with van der Waals surface area (Å²) in [5, 5.41) is 9.67. The summed E-state index contributed by atoms with van der Waals surface area (Å²) in [5.74, 6) is -1.57. The lowest BCUT2D eigenvalue weighted by Gasteiger charge is -2.37. The Morgan fingerprint density at radius 1 is 1.06 bits per heavy atom. The van der Waals surface area contributed by atoms with Gasteiger partial charge < -0.3 is 9.80 Å². The number of hydrazone groups is 1. The van der Waals surface area contributed by atoms with E-state index in [-0.39, 0.29) is 11.7 Å². The lowest BCUT2D eigenvalue weighted by molar-refractivity contribution is 0.139. The Hall–Kier alpha value is -3.96. The summed E-state index contributed by atoms with van der Waals surface area (Å²) in [5.41, 5.74) is 1.78. The van der Waals surface area contributed by atoms with Crippen LogP contribution in [0.3, 0.4) is 0 Å². The van der Waals surface area contributed by atoms with Crippen LogP contribution in [0.4, 0.5) is 23.9 Å². The number of carbonyl (C=O) groups is 1. The number of aromatic nitrogens is 4. The van der Waals surface area contributed by atoms with E-state index < -0.39 is 23.5 Å². The first kappa shape index (κ1) is 22.8. The van der Waals surface area contributed by atoms with Gasteiger partial charge in [-0.2, -0.15) is 10.2 Å². The molecule has 12 heteroatoms. The molecule has 1 atom stereocenters. The van der Waals surface area contributed by atoms with Gasteiger partial charge in [0.1, 0.15) is 17.3 Å². The second-order valence-electron chi connectivity index (χ2n) is 8.52. The van der Waals surface area contributed by atoms with Gasteiger partial charge in [-0.15, -0.1) is 0 Å². The number of urea groups is 1. The molecule has 2 amide bonds. The number of piperazine rings is 1. The molecular formula is C23H23F3N8O. The quantitative estimate of drug-likeness (QED) is 0.570. The number of hydrogen-bond donors (Lipinski definition) is 0. The molecule has 1 fully saturated rings. The normalized spacial score (nSPS) is 18.0. The van der Waals surface area contributed by atoms with E-state index in [0.29, 0.717) is 55.4 Å². The number of hydrogen-bond acceptors (Lipinski definition) is 6. The third-order valence-corrected chi connectivity index (χ3v) is 6.13. The highest BCUT2D eigenvalue weighted by molar-refractivity contribution is 5.78. The Kier molecular flexibility index (Phi) is 5.87. The molecule has 2 aromatic heterocycles. The van der Waals surface area contributed by atoms with Gasteiger partial charge in [-0.1, -0.05) is 0 Å². The molecule has 5 rings (SSSR count). The Bertz CT molecular complexity index is 1280. The first-order valence-electron chi connectivity index (χ1n) is 11.1. The van der Waals surface area contributed by atoms with Crippen molar-refractivity contribution in [1.29, 1.82) is 0 Å². The number of halogens is 3. The van der Waals surface area contributed by atoms with Crippen LogP contribution >= 0.6 is 0 Å². The van der Waals surface area contributed by atoms with Gasteiger partial charge in [0.25, 0.3) is 0 Å². The van der Waals surface area contributed by atoms with Crippen molar-refractivity contribution in [2.24, 2.45) is 12.1 Å². The zero-order valence-electron chi connectivity index (χ0n) is 19.2. The van der Waals surface area contributed by atoms with Crippen molar-refractivity contribution in [3.05, 3.63) is 59.3 Å². The van der Waals surface area contributed by atoms with Gasteiger partial charge in [0.15, 0.2) is 5.82 Å². The number of aryl methyl sites for hydroxylation is 2. The largest absolute Gasteiger partial charge is 0.341 e. The van der Waals surface area contributed by atoms with Crippen molar-refractivity contribution in [3.8, 4) is 11.3 Å². The number of anilines is 1. The zero-order valence-corrected chi connectivity index (χ0v) is 19.2. The fraction of sp³-hybridized carbons (Fsp3) is 0.348. The Morgan fingerprint density at radius 3 is 2.43 bits per heavy atom. The van der Waals surface area contributed by atoms with E-state index in [4.69, 9.17) is 0 Å². The van der Waals surface area contributed by atoms with Crippen molar-refractivity contribution < 1.29 is 18.0 Å². The molecule has 9 nitrogen and oxygen atoms in total. The second kappa shape index (κ2) is 9.01. The van der Waals surface area contributed by atoms with Crippen LogP contribution in [0.5, 0.6) is 0 Å². The van der Waals surface area contributed by atoms with Gasteiger partial charge in [-0.05, 0) is 24.6 Å². The van der Waals surface area contributed by atoms with Crippen LogP contribution in [0, 0.1) is 24.4 Å². The van der Waals surface area contributed by atoms with Gasteiger partial charge in [0, 0.05) is 63.7 Å². The Morgan fingerprint density at radius 2 is 1.77 bits per heavy atom. The van der Waals surface area contributed by atoms with E-state index in [1.807, 2.05) is 4.90 Å². The van der Waals surface area contributed by atoms with Crippen LogP contribution in [0.15, 0.2) is 35.7 Å². The molecule has 182 valence electrons. The minimum atomic E-state index is -0.701. The van der Waals surface area contributed by atoms with Gasteiger partial charge in [0.2, 0.25) is 5.95 Å². The molecule has 1 saturated heterocycles. The van der Waals surface area contributed by atoms with Crippen LogP contribution in [-0.4, -0.2) is 68.1 Å². The standard InChI is InChI=1S/C23H23F3N8O/c1-14-18(13-31(2)30-14)21-19(26)12-27-22(29-21)32-5-7-33(8-6-32)23(35)34-20(3-4-28-34)15-9-16(24)11-17(25)10-15/h4,9-13,20H,3,5-8H2,1-2H3. The molecule has 0 bridgehead atoms. The van der Waals surface area contributed by atoms with Crippen LogP contribution < -0.4 is 4.90 Å². The highest BCUT2D eigenvalue weighted by Gasteiger charge is 2.34. The smallest absolute Gasteiger partial charge is 0.337 e. The Balaban J connectivity index is 1.28. The minimum Gasteiger partial charge on any atom is -0.337 e. The van der Waals surface area contributed by atoms with Gasteiger partial charge in [0.05, 0.1) is 17.9 Å². The van der Waals surface area contributed by atoms with Crippen LogP contribution in [0.1, 0.15) is 23.7 Å². The highest BCUT2D eigenvalue weighted by Crippen LogP contribution is 2.31. The average Bonchev–Trinajstić information content (AvgIpc) is 3.44. The number of rotatable bonds is 3. The molecular weight excluding hydrogens is 461 g/mol. The van der Waals surface area contributed by atoms with Crippen molar-refractivity contribution in [2.75, 3.05) is 31.1 Å². The lowest BCUT2D eigenvalue weighted by Crippen LogP contribution is -2.52. The number of carbonyl (C=O) groups excluding carboxylic acids is 1. The minimum absolute atomic E-state index is 0.177. The van der Waals surface area contributed by atoms with Crippen molar-refractivity contribution in [3.63, 3.8) is 0 Å². The molecule has 0 spiro atoms. The first-order chi connectivity index (χ1) is 16.8. The van der Waals surface area contributed by atoms with E-state index in [0.717, 1.165) is 12.3 Å². The summed E-state index contributed by atoms with van der Waals surface area (Å²) < 4.78 is 43.5. The summed E-state index contributed by atoms with van der Waals surface area (Å²) >= 11 is 0. The number of benzene rings is 1. The predicted molar refractivity (Wildman–Crippen MR) is 122 cm³/mol. The molecule has 1 unspecified atom stereocenters. The fourth-order valence-corrected chi connectivity index (χ4v) is 4.42. The van der Waals surface area contributed by atoms with E-state index in [2.05, 4.69) is 20.2 Å². The maximum atomic E-state index is 14.5. The summed E-state index contributed by atoms with van der Waals surface area (Å²) in [6.07, 6.45) is 4.78. The van der Waals surface area contributed by atoms with E-state index in [1.165, 1.54) is 17.1 Å². The summed E-state index contributed by atoms with van der Waals surface area (Å²) in [7, 11) is 1.76. The first-order valence-corrected chi connectivity index (χ1v) is 11.1. The van der Waals surface area contributed by atoms with E-state index in [9.17, 15) is 18.0 Å². The third kappa shape index (κ3) is 4.43. The third-order valence-electron chi connectivity index (χ3n) is 6.13. The maximum Gasteiger partial charge on any atom is 0.341 e. The number of amides is 2. The topological polar surface area (TPSA) is 82.8 Å². The van der Waals surface area contributed by atoms with Gasteiger partial charge in [-0.3, -0.25) is 4.68 Å². The van der Waals surface area contributed by atoms with E-state index in [1.54, 1.807) is 36.0 Å². The van der Waals surface area contributed by atoms with Gasteiger partial charge in [-0.25, -0.2) is 32.9 Å². The predicted octanol–water partition coefficient (Wildman–Crippen LogP) is 3.28. The van der Waals surface area contributed by atoms with Crippen LogP contribution in [0.25, 0.3) is 11.3 Å². The summed E-state index contributed by atoms with van der Waals surface area (Å²) in [4.78, 5) is 25.2. The fourth-order valence-electron chi connectivity index (χ4n) is 4.42. The number of nitrogens with zero attached hydrogens (tertiary/aromatic N) is 8. The lowest BCUT2D eigenvalue weighted by atomic mass is 10.0. The molecule has 0 aliphatic carbocycles. The maximum absolute atomic E-state index is 14.5. The molecule has 35 heavy (non-hydrogen) atoms. The highest BCUT2D eigenvalue weighted by atomic mass is 19.1. The van der Waals surface area contributed by atoms with Crippen molar-refractivity contribution in [1.82, 2.24) is 29.7 Å². The zero-order chi connectivity index (χ0) is 24.7. The molecule has 2 aliphatic rings. The average molecular weight is 484 g/mol. The summed E-state index contributed by atoms with van der Waals surface area (Å²) in [6, 6.07) is 2.31. The Labute approximate surface area is 199 Å². The monoisotopic (exact) mass is 484 g/mol. The molecule has 0 radical (unpaired) electrons. The summed E-state index contributed by atoms with van der Waals surface area (Å²) in [6.45, 7) is 3.36. The molecule has 3 aromatic rings. The van der Waals surface area contributed by atoms with E-state index >= 15 is 0 Å². The molecule has 0 saturated carbocycles. The van der Waals surface area contributed by atoms with Crippen molar-refractivity contribution in [2.45, 2.75) is 19.4 Å².